The number of hydrogen-bond donors (Lipinski definition) is 1. The van der Waals surface area contributed by atoms with Crippen LogP contribution in [0, 0.1) is 0 Å². The van der Waals surface area contributed by atoms with E-state index in [4.69, 9.17) is 33.8 Å². The lowest BCUT2D eigenvalue weighted by atomic mass is 10.2. The van der Waals surface area contributed by atoms with Crippen LogP contribution in [-0.4, -0.2) is 17.6 Å². The minimum atomic E-state index is -0.574. The monoisotopic (exact) mass is 368 g/mol. The number of rotatable bonds is 6. The van der Waals surface area contributed by atoms with Crippen LogP contribution in [0.3, 0.4) is 0 Å². The van der Waals surface area contributed by atoms with Crippen molar-refractivity contribution in [3.8, 4) is 0 Å². The first-order valence-corrected chi connectivity index (χ1v) is 8.46. The van der Waals surface area contributed by atoms with Crippen LogP contribution in [0.5, 0.6) is 0 Å². The molecule has 0 aliphatic rings. The molecule has 120 valence electrons. The quantitative estimate of drug-likeness (QED) is 0.266. The van der Waals surface area contributed by atoms with E-state index < -0.39 is 5.97 Å². The third kappa shape index (κ3) is 6.14. The van der Waals surface area contributed by atoms with Crippen molar-refractivity contribution in [3.05, 3.63) is 64.1 Å². The molecule has 0 heterocycles. The van der Waals surface area contributed by atoms with Gasteiger partial charge in [0.15, 0.2) is 0 Å². The molecule has 2 rings (SSSR count). The van der Waals surface area contributed by atoms with Gasteiger partial charge in [0, 0.05) is 27.1 Å². The Bertz CT molecular complexity index is 688. The summed E-state index contributed by atoms with van der Waals surface area (Å²) in [7, 11) is 0. The molecule has 2 aromatic rings. The van der Waals surface area contributed by atoms with Crippen molar-refractivity contribution in [1.29, 1.82) is 0 Å². The molecule has 2 aromatic carbocycles. The molecule has 7 heteroatoms. The molecule has 23 heavy (non-hydrogen) atoms. The number of hydrogen-bond acceptors (Lipinski definition) is 4. The van der Waals surface area contributed by atoms with Gasteiger partial charge in [-0.1, -0.05) is 28.4 Å². The molecule has 0 bridgehead atoms. The summed E-state index contributed by atoms with van der Waals surface area (Å²) in [6.45, 7) is 0. The second-order valence-electron chi connectivity index (χ2n) is 4.52. The summed E-state index contributed by atoms with van der Waals surface area (Å²) in [5.74, 6) is 0.402. The predicted octanol–water partition coefficient (Wildman–Crippen LogP) is 4.60. The number of oxime groups is 1. The van der Waals surface area contributed by atoms with Gasteiger partial charge in [0.05, 0.1) is 5.56 Å². The first-order chi connectivity index (χ1) is 11.0. The Hall–Kier alpha value is -1.69. The van der Waals surface area contributed by atoms with E-state index in [9.17, 15) is 4.79 Å². The number of thioether (sulfide) groups is 1. The van der Waals surface area contributed by atoms with E-state index in [1.165, 1.54) is 0 Å². The maximum Gasteiger partial charge on any atom is 0.365 e. The van der Waals surface area contributed by atoms with Gasteiger partial charge in [0.2, 0.25) is 0 Å². The Morgan fingerprint density at radius 2 is 1.61 bits per heavy atom. The zero-order valence-corrected chi connectivity index (χ0v) is 14.4. The van der Waals surface area contributed by atoms with E-state index >= 15 is 0 Å². The fourth-order valence-corrected chi connectivity index (χ4v) is 2.72. The molecule has 0 aliphatic carbocycles. The highest BCUT2D eigenvalue weighted by Crippen LogP contribution is 2.20. The molecular weight excluding hydrogens is 355 g/mol. The summed E-state index contributed by atoms with van der Waals surface area (Å²) in [6, 6.07) is 13.9. The lowest BCUT2D eigenvalue weighted by Crippen LogP contribution is -2.14. The molecule has 0 unspecified atom stereocenters. The van der Waals surface area contributed by atoms with Gasteiger partial charge in [0.25, 0.3) is 0 Å². The number of carbonyl (C=O) groups excluding carboxylic acids is 1. The van der Waals surface area contributed by atoms with Crippen LogP contribution in [0.25, 0.3) is 0 Å². The Labute approximate surface area is 148 Å². The Balaban J connectivity index is 1.77. The SMILES string of the molecule is N/C(CCSc1ccc(Cl)cc1)=N\OC(=O)c1ccc(Cl)cc1. The zero-order valence-electron chi connectivity index (χ0n) is 12.0. The maximum atomic E-state index is 11.7. The number of amidine groups is 1. The highest BCUT2D eigenvalue weighted by Gasteiger charge is 2.07. The third-order valence-electron chi connectivity index (χ3n) is 2.77. The molecule has 2 N–H and O–H groups in total. The van der Waals surface area contributed by atoms with Crippen molar-refractivity contribution in [2.45, 2.75) is 11.3 Å². The minimum absolute atomic E-state index is 0.258. The molecule has 4 nitrogen and oxygen atoms in total. The summed E-state index contributed by atoms with van der Waals surface area (Å²) in [5, 5.41) is 4.89. The van der Waals surface area contributed by atoms with Crippen molar-refractivity contribution in [2.24, 2.45) is 10.9 Å². The molecular formula is C16H14Cl2N2O2S. The van der Waals surface area contributed by atoms with Crippen molar-refractivity contribution in [2.75, 3.05) is 5.75 Å². The van der Waals surface area contributed by atoms with Crippen LogP contribution in [0.1, 0.15) is 16.8 Å². The average molecular weight is 369 g/mol. The average Bonchev–Trinajstić information content (AvgIpc) is 2.55. The largest absolute Gasteiger partial charge is 0.384 e. The summed E-state index contributed by atoms with van der Waals surface area (Å²) in [4.78, 5) is 17.6. The molecule has 0 amide bonds. The Morgan fingerprint density at radius 1 is 1.04 bits per heavy atom. The van der Waals surface area contributed by atoms with Gasteiger partial charge >= 0.3 is 5.97 Å². The fraction of sp³-hybridized carbons (Fsp3) is 0.125. The van der Waals surface area contributed by atoms with Crippen molar-refractivity contribution >= 4 is 46.8 Å². The first kappa shape index (κ1) is 17.7. The highest BCUT2D eigenvalue weighted by molar-refractivity contribution is 7.99. The number of benzene rings is 2. The summed E-state index contributed by atoms with van der Waals surface area (Å²) in [5.41, 5.74) is 6.09. The van der Waals surface area contributed by atoms with Crippen LogP contribution in [-0.2, 0) is 4.84 Å². The number of carbonyl (C=O) groups is 1. The molecule has 0 spiro atoms. The number of nitrogens with zero attached hydrogens (tertiary/aromatic N) is 1. The van der Waals surface area contributed by atoms with Crippen LogP contribution in [0.4, 0.5) is 0 Å². The molecule has 0 saturated carbocycles. The standard InChI is InChI=1S/C16H14Cl2N2O2S/c17-12-3-1-11(2-4-12)16(21)22-20-15(19)9-10-23-14-7-5-13(18)6-8-14/h1-8H,9-10H2,(H2,19,20). The number of halogens is 2. The topological polar surface area (TPSA) is 64.7 Å². The molecule has 0 radical (unpaired) electrons. The van der Waals surface area contributed by atoms with Crippen LogP contribution in [0.2, 0.25) is 10.0 Å². The van der Waals surface area contributed by atoms with E-state index in [1.807, 2.05) is 24.3 Å². The smallest absolute Gasteiger partial charge is 0.365 e. The molecule has 0 aromatic heterocycles. The van der Waals surface area contributed by atoms with E-state index in [0.717, 1.165) is 10.6 Å². The van der Waals surface area contributed by atoms with E-state index in [1.54, 1.807) is 36.0 Å². The second kappa shape index (κ2) is 8.82. The van der Waals surface area contributed by atoms with Crippen LogP contribution >= 0.6 is 35.0 Å². The van der Waals surface area contributed by atoms with E-state index in [2.05, 4.69) is 5.16 Å². The van der Waals surface area contributed by atoms with Crippen molar-refractivity contribution in [1.82, 2.24) is 0 Å². The third-order valence-corrected chi connectivity index (χ3v) is 4.28. The minimum Gasteiger partial charge on any atom is -0.384 e. The van der Waals surface area contributed by atoms with E-state index in [0.29, 0.717) is 22.0 Å². The summed E-state index contributed by atoms with van der Waals surface area (Å²) >= 11 is 13.2. The molecule has 0 atom stereocenters. The number of nitrogens with two attached hydrogens (primary N) is 1. The van der Waals surface area contributed by atoms with Crippen LogP contribution in [0.15, 0.2) is 58.6 Å². The lowest BCUT2D eigenvalue weighted by Gasteiger charge is -2.02. The van der Waals surface area contributed by atoms with Gasteiger partial charge in [-0.3, -0.25) is 0 Å². The van der Waals surface area contributed by atoms with Gasteiger partial charge < -0.3 is 10.6 Å². The molecule has 0 aliphatic heterocycles. The van der Waals surface area contributed by atoms with Crippen LogP contribution < -0.4 is 5.73 Å². The predicted molar refractivity (Wildman–Crippen MR) is 95.3 cm³/mol. The van der Waals surface area contributed by atoms with Gasteiger partial charge in [-0.05, 0) is 48.5 Å². The Morgan fingerprint density at radius 3 is 2.22 bits per heavy atom. The zero-order chi connectivity index (χ0) is 16.7. The second-order valence-corrected chi connectivity index (χ2v) is 6.56. The molecule has 0 fully saturated rings. The van der Waals surface area contributed by atoms with Gasteiger partial charge in [0.1, 0.15) is 5.84 Å². The first-order valence-electron chi connectivity index (χ1n) is 6.72. The van der Waals surface area contributed by atoms with Crippen molar-refractivity contribution < 1.29 is 9.63 Å². The fourth-order valence-electron chi connectivity index (χ4n) is 1.59. The normalized spacial score (nSPS) is 11.3. The van der Waals surface area contributed by atoms with E-state index in [-0.39, 0.29) is 5.84 Å². The van der Waals surface area contributed by atoms with Gasteiger partial charge in [-0.2, -0.15) is 0 Å². The summed E-state index contributed by atoms with van der Waals surface area (Å²) in [6.07, 6.45) is 0.501. The Kier molecular flexibility index (Phi) is 6.77. The molecule has 0 saturated heterocycles. The van der Waals surface area contributed by atoms with Gasteiger partial charge in [-0.15, -0.1) is 11.8 Å². The summed E-state index contributed by atoms with van der Waals surface area (Å²) < 4.78 is 0. The lowest BCUT2D eigenvalue weighted by molar-refractivity contribution is 0.0515. The van der Waals surface area contributed by atoms with Crippen molar-refractivity contribution in [3.63, 3.8) is 0 Å². The highest BCUT2D eigenvalue weighted by atomic mass is 35.5. The van der Waals surface area contributed by atoms with Gasteiger partial charge in [-0.25, -0.2) is 4.79 Å². The maximum absolute atomic E-state index is 11.7.